The zero-order chi connectivity index (χ0) is 25.5. The smallest absolute Gasteiger partial charge is 0.350 e. The first-order chi connectivity index (χ1) is 16.5. The molecule has 1 aliphatic rings. The van der Waals surface area contributed by atoms with Crippen molar-refractivity contribution < 1.29 is 28.6 Å². The molecule has 1 N–H and O–H groups in total. The lowest BCUT2D eigenvalue weighted by atomic mass is 9.85. The maximum absolute atomic E-state index is 13.3. The second kappa shape index (κ2) is 9.14. The highest BCUT2D eigenvalue weighted by molar-refractivity contribution is 7.17. The molecule has 4 rings (SSSR count). The molecule has 182 valence electrons. The van der Waals surface area contributed by atoms with Gasteiger partial charge in [0.1, 0.15) is 4.88 Å². The molecule has 9 heteroatoms. The number of carbonyl (C=O) groups excluding carboxylic acids is 3. The van der Waals surface area contributed by atoms with Crippen LogP contribution in [0.25, 0.3) is 0 Å². The number of thiazole rings is 1. The largest absolute Gasteiger partial charge is 0.503 e. The number of amides is 1. The van der Waals surface area contributed by atoms with Crippen molar-refractivity contribution >= 4 is 34.1 Å². The molecule has 1 atom stereocenters. The Kier molecular flexibility index (Phi) is 6.38. The average Bonchev–Trinajstić information content (AvgIpc) is 3.52. The van der Waals surface area contributed by atoms with E-state index in [4.69, 9.17) is 9.15 Å². The van der Waals surface area contributed by atoms with E-state index in [-0.39, 0.29) is 33.4 Å². The Balaban J connectivity index is 1.85. The third kappa shape index (κ3) is 4.39. The molecule has 0 bridgehead atoms. The fraction of sp³-hybridized carbons (Fsp3) is 0.308. The van der Waals surface area contributed by atoms with Crippen molar-refractivity contribution in [2.45, 2.75) is 46.1 Å². The first kappa shape index (κ1) is 24.4. The van der Waals surface area contributed by atoms with Gasteiger partial charge in [-0.1, -0.05) is 56.4 Å². The van der Waals surface area contributed by atoms with Gasteiger partial charge in [0, 0.05) is 0 Å². The Morgan fingerprint density at radius 3 is 2.46 bits per heavy atom. The minimum absolute atomic E-state index is 0.0000404. The minimum Gasteiger partial charge on any atom is -0.503 e. The minimum atomic E-state index is -0.963. The van der Waals surface area contributed by atoms with Crippen molar-refractivity contribution in [3.05, 3.63) is 81.5 Å². The van der Waals surface area contributed by atoms with Gasteiger partial charge in [-0.25, -0.2) is 9.78 Å². The van der Waals surface area contributed by atoms with Gasteiger partial charge >= 0.3 is 5.97 Å². The Bertz CT molecular complexity index is 1310. The zero-order valence-corrected chi connectivity index (χ0v) is 20.9. The third-order valence-electron chi connectivity index (χ3n) is 5.74. The number of ketones is 1. The van der Waals surface area contributed by atoms with Gasteiger partial charge in [-0.2, -0.15) is 0 Å². The Labute approximate surface area is 206 Å². The van der Waals surface area contributed by atoms with E-state index in [0.717, 1.165) is 16.9 Å². The summed E-state index contributed by atoms with van der Waals surface area (Å²) in [4.78, 5) is 44.9. The van der Waals surface area contributed by atoms with E-state index in [2.05, 4.69) is 25.8 Å². The number of hydrogen-bond donors (Lipinski definition) is 1. The SMILES string of the molecule is CCOC(=O)c1sc(N2C(=O)C(O)=C(C(=O)c3ccco3)[C@@H]2c2ccc(C(C)(C)C)cc2)nc1C. The van der Waals surface area contributed by atoms with Gasteiger partial charge in [0.2, 0.25) is 5.78 Å². The number of benzene rings is 1. The molecule has 3 heterocycles. The van der Waals surface area contributed by atoms with Crippen molar-refractivity contribution in [3.8, 4) is 0 Å². The molecule has 0 saturated carbocycles. The number of aromatic nitrogens is 1. The second-order valence-electron chi connectivity index (χ2n) is 9.15. The van der Waals surface area contributed by atoms with Crippen molar-refractivity contribution in [3.63, 3.8) is 0 Å². The normalized spacial score (nSPS) is 16.2. The monoisotopic (exact) mass is 494 g/mol. The summed E-state index contributed by atoms with van der Waals surface area (Å²) >= 11 is 0.975. The molecule has 2 aromatic heterocycles. The summed E-state index contributed by atoms with van der Waals surface area (Å²) < 4.78 is 10.4. The van der Waals surface area contributed by atoms with Crippen LogP contribution in [0.5, 0.6) is 0 Å². The first-order valence-corrected chi connectivity index (χ1v) is 12.0. The summed E-state index contributed by atoms with van der Waals surface area (Å²) in [5.74, 6) is -2.61. The highest BCUT2D eigenvalue weighted by Crippen LogP contribution is 2.44. The quantitative estimate of drug-likeness (QED) is 0.366. The van der Waals surface area contributed by atoms with Gasteiger partial charge < -0.3 is 14.3 Å². The van der Waals surface area contributed by atoms with Gasteiger partial charge in [-0.15, -0.1) is 0 Å². The van der Waals surface area contributed by atoms with Crippen LogP contribution in [-0.2, 0) is 14.9 Å². The molecule has 0 spiro atoms. The topological polar surface area (TPSA) is 110 Å². The van der Waals surface area contributed by atoms with Crippen LogP contribution < -0.4 is 4.90 Å². The van der Waals surface area contributed by atoms with Crippen LogP contribution in [0.15, 0.2) is 58.4 Å². The lowest BCUT2D eigenvalue weighted by Crippen LogP contribution is -2.31. The predicted molar refractivity (Wildman–Crippen MR) is 131 cm³/mol. The summed E-state index contributed by atoms with van der Waals surface area (Å²) in [6, 6.07) is 9.58. The molecule has 0 radical (unpaired) electrons. The second-order valence-corrected chi connectivity index (χ2v) is 10.1. The van der Waals surface area contributed by atoms with Crippen molar-refractivity contribution in [2.24, 2.45) is 0 Å². The Hall–Kier alpha value is -3.72. The van der Waals surface area contributed by atoms with Gasteiger partial charge in [0.05, 0.1) is 30.2 Å². The van der Waals surface area contributed by atoms with E-state index in [9.17, 15) is 19.5 Å². The number of rotatable bonds is 6. The van der Waals surface area contributed by atoms with Crippen molar-refractivity contribution in [2.75, 3.05) is 11.5 Å². The number of furan rings is 1. The number of anilines is 1. The van der Waals surface area contributed by atoms with Crippen LogP contribution in [0.4, 0.5) is 5.13 Å². The van der Waals surface area contributed by atoms with Gasteiger partial charge in [-0.3, -0.25) is 14.5 Å². The summed E-state index contributed by atoms with van der Waals surface area (Å²) in [7, 11) is 0. The fourth-order valence-corrected chi connectivity index (χ4v) is 4.91. The average molecular weight is 495 g/mol. The molecule has 0 fully saturated rings. The lowest BCUT2D eigenvalue weighted by Gasteiger charge is -2.25. The number of ether oxygens (including phenoxy) is 1. The lowest BCUT2D eigenvalue weighted by molar-refractivity contribution is -0.117. The summed E-state index contributed by atoms with van der Waals surface area (Å²) in [6.07, 6.45) is 1.35. The molecule has 1 amide bonds. The van der Waals surface area contributed by atoms with Crippen LogP contribution in [0.2, 0.25) is 0 Å². The number of hydrogen-bond acceptors (Lipinski definition) is 8. The Morgan fingerprint density at radius 2 is 1.89 bits per heavy atom. The summed E-state index contributed by atoms with van der Waals surface area (Å²) in [5.41, 5.74) is 1.85. The number of aryl methyl sites for hydroxylation is 1. The standard InChI is InChI=1S/C26H26N2O6S/c1-6-33-24(32)22-14(2)27-25(35-22)28-19(15-9-11-16(12-10-15)26(3,4)5)18(21(30)23(28)31)20(29)17-8-7-13-34-17/h7-13,19,30H,6H2,1-5H3/t19-/m0/s1. The van der Waals surface area contributed by atoms with Crippen LogP contribution >= 0.6 is 11.3 Å². The number of Topliss-reactive ketones (excluding diaryl/α,β-unsaturated/α-hetero) is 1. The zero-order valence-electron chi connectivity index (χ0n) is 20.1. The van der Waals surface area contributed by atoms with E-state index in [1.54, 1.807) is 19.9 Å². The van der Waals surface area contributed by atoms with E-state index < -0.39 is 29.5 Å². The Morgan fingerprint density at radius 1 is 1.20 bits per heavy atom. The van der Waals surface area contributed by atoms with Crippen molar-refractivity contribution in [1.29, 1.82) is 0 Å². The maximum atomic E-state index is 13.3. The number of carbonyl (C=O) groups is 3. The number of aliphatic hydroxyl groups excluding tert-OH is 1. The summed E-state index contributed by atoms with van der Waals surface area (Å²) in [5, 5.41) is 11.0. The summed E-state index contributed by atoms with van der Waals surface area (Å²) in [6.45, 7) is 9.79. The number of aliphatic hydroxyl groups is 1. The van der Waals surface area contributed by atoms with Gasteiger partial charge in [0.25, 0.3) is 5.91 Å². The maximum Gasteiger partial charge on any atom is 0.350 e. The van der Waals surface area contributed by atoms with Crippen LogP contribution in [0.3, 0.4) is 0 Å². The molecule has 0 aliphatic carbocycles. The number of esters is 1. The predicted octanol–water partition coefficient (Wildman–Crippen LogP) is 5.30. The van der Waals surface area contributed by atoms with Gasteiger partial charge in [0.15, 0.2) is 16.7 Å². The van der Waals surface area contributed by atoms with Gasteiger partial charge in [-0.05, 0) is 42.5 Å². The van der Waals surface area contributed by atoms with E-state index in [1.807, 2.05) is 24.3 Å². The third-order valence-corrected chi connectivity index (χ3v) is 6.88. The molecule has 1 aliphatic heterocycles. The first-order valence-electron chi connectivity index (χ1n) is 11.1. The van der Waals surface area contributed by atoms with E-state index in [1.165, 1.54) is 17.2 Å². The van der Waals surface area contributed by atoms with E-state index >= 15 is 0 Å². The van der Waals surface area contributed by atoms with Crippen molar-refractivity contribution in [1.82, 2.24) is 4.98 Å². The molecular formula is C26H26N2O6S. The highest BCUT2D eigenvalue weighted by atomic mass is 32.1. The molecule has 8 nitrogen and oxygen atoms in total. The fourth-order valence-electron chi connectivity index (χ4n) is 3.93. The van der Waals surface area contributed by atoms with Crippen LogP contribution in [-0.4, -0.2) is 34.4 Å². The molecule has 0 unspecified atom stereocenters. The van der Waals surface area contributed by atoms with Crippen LogP contribution in [0.1, 0.15) is 70.8 Å². The van der Waals surface area contributed by atoms with E-state index in [0.29, 0.717) is 11.3 Å². The molecular weight excluding hydrogens is 468 g/mol. The molecule has 35 heavy (non-hydrogen) atoms. The molecule has 1 aromatic carbocycles. The highest BCUT2D eigenvalue weighted by Gasteiger charge is 2.46. The molecule has 3 aromatic rings. The molecule has 0 saturated heterocycles. The van der Waals surface area contributed by atoms with Crippen LogP contribution in [0, 0.1) is 6.92 Å². The number of nitrogens with zero attached hydrogens (tertiary/aromatic N) is 2.